The molecule has 0 aromatic heterocycles. The normalized spacial score (nSPS) is 25.8. The van der Waals surface area contributed by atoms with Gasteiger partial charge in [0, 0.05) is 6.54 Å². The molecule has 0 spiro atoms. The average Bonchev–Trinajstić information content (AvgIpc) is 2.35. The highest BCUT2D eigenvalue weighted by Gasteiger charge is 2.33. The van der Waals surface area contributed by atoms with E-state index in [0.717, 1.165) is 6.42 Å². The van der Waals surface area contributed by atoms with Crippen molar-refractivity contribution < 1.29 is 14.6 Å². The fourth-order valence-corrected chi connectivity index (χ4v) is 2.33. The van der Waals surface area contributed by atoms with Gasteiger partial charge in [0.05, 0.1) is 36.3 Å². The molecular weight excluding hydrogens is 252 g/mol. The summed E-state index contributed by atoms with van der Waals surface area (Å²) in [4.78, 5) is 14.4. The van der Waals surface area contributed by atoms with Crippen LogP contribution in [0.4, 0.5) is 0 Å². The predicted molar refractivity (Wildman–Crippen MR) is 73.2 cm³/mol. The van der Waals surface area contributed by atoms with Crippen LogP contribution < -0.4 is 5.73 Å². The first-order valence-corrected chi connectivity index (χ1v) is 6.74. The van der Waals surface area contributed by atoms with E-state index in [9.17, 15) is 4.79 Å². The van der Waals surface area contributed by atoms with Gasteiger partial charge in [-0.1, -0.05) is 25.6 Å². The van der Waals surface area contributed by atoms with E-state index in [2.05, 4.69) is 0 Å². The fraction of sp³-hybridized carbons (Fsp3) is 0.833. The van der Waals surface area contributed by atoms with Gasteiger partial charge in [0.2, 0.25) is 5.91 Å². The smallest absolute Gasteiger partial charge is 0.232 e. The van der Waals surface area contributed by atoms with Crippen LogP contribution in [-0.2, 0) is 9.53 Å². The molecule has 6 heteroatoms. The minimum atomic E-state index is -0.398. The van der Waals surface area contributed by atoms with Gasteiger partial charge in [0.1, 0.15) is 0 Å². The van der Waals surface area contributed by atoms with E-state index < -0.39 is 5.92 Å². The van der Waals surface area contributed by atoms with Crippen LogP contribution in [0.2, 0.25) is 0 Å². The second-order valence-electron chi connectivity index (χ2n) is 4.72. The number of morpholine rings is 1. The Balaban J connectivity index is 2.75. The first-order valence-electron chi connectivity index (χ1n) is 6.33. The maximum Gasteiger partial charge on any atom is 0.232 e. The molecule has 3 atom stereocenters. The van der Waals surface area contributed by atoms with Crippen LogP contribution in [0.5, 0.6) is 0 Å². The second-order valence-corrected chi connectivity index (χ2v) is 5.19. The number of carbonyl (C=O) groups is 1. The van der Waals surface area contributed by atoms with E-state index in [1.165, 1.54) is 0 Å². The number of hydrogen-bond acceptors (Lipinski definition) is 4. The van der Waals surface area contributed by atoms with Crippen molar-refractivity contribution in [2.24, 2.45) is 11.7 Å². The number of thiocarbonyl (C=S) groups is 1. The lowest BCUT2D eigenvalue weighted by molar-refractivity contribution is -0.148. The molecule has 1 aliphatic rings. The lowest BCUT2D eigenvalue weighted by atomic mass is 10.0. The molecule has 0 aliphatic carbocycles. The lowest BCUT2D eigenvalue weighted by Crippen LogP contribution is -2.54. The number of nitrogens with two attached hydrogens (primary N) is 1. The SMILES string of the molecule is CCCC(C(=O)N1CC(CO)OCC1C)C(N)=S. The molecule has 1 saturated heterocycles. The largest absolute Gasteiger partial charge is 0.394 e. The Morgan fingerprint density at radius 3 is 2.83 bits per heavy atom. The minimum Gasteiger partial charge on any atom is -0.394 e. The summed E-state index contributed by atoms with van der Waals surface area (Å²) in [6.45, 7) is 4.68. The summed E-state index contributed by atoms with van der Waals surface area (Å²) in [6.07, 6.45) is 1.22. The highest BCUT2D eigenvalue weighted by atomic mass is 32.1. The summed E-state index contributed by atoms with van der Waals surface area (Å²) in [5, 5.41) is 9.11. The number of aliphatic hydroxyl groups is 1. The maximum atomic E-state index is 12.4. The van der Waals surface area contributed by atoms with Crippen LogP contribution in [-0.4, -0.2) is 52.8 Å². The van der Waals surface area contributed by atoms with Crippen molar-refractivity contribution in [2.45, 2.75) is 38.8 Å². The molecule has 3 unspecified atom stereocenters. The zero-order chi connectivity index (χ0) is 13.7. The van der Waals surface area contributed by atoms with E-state index in [0.29, 0.717) is 19.6 Å². The second kappa shape index (κ2) is 7.01. The van der Waals surface area contributed by atoms with Gasteiger partial charge in [0.15, 0.2) is 0 Å². The van der Waals surface area contributed by atoms with Gasteiger partial charge in [-0.2, -0.15) is 0 Å². The standard InChI is InChI=1S/C12H22N2O3S/c1-3-4-10(11(13)18)12(16)14-5-9(6-15)17-7-8(14)2/h8-10,15H,3-7H2,1-2H3,(H2,13,18). The van der Waals surface area contributed by atoms with Gasteiger partial charge in [-0.05, 0) is 13.3 Å². The van der Waals surface area contributed by atoms with Crippen LogP contribution in [0, 0.1) is 5.92 Å². The highest BCUT2D eigenvalue weighted by molar-refractivity contribution is 7.80. The fourth-order valence-electron chi connectivity index (χ4n) is 2.11. The van der Waals surface area contributed by atoms with Crippen LogP contribution in [0.1, 0.15) is 26.7 Å². The molecule has 1 fully saturated rings. The molecule has 18 heavy (non-hydrogen) atoms. The molecule has 0 aromatic rings. The van der Waals surface area contributed by atoms with Crippen LogP contribution in [0.15, 0.2) is 0 Å². The minimum absolute atomic E-state index is 0.00555. The van der Waals surface area contributed by atoms with Crippen LogP contribution in [0.3, 0.4) is 0 Å². The van der Waals surface area contributed by atoms with Gasteiger partial charge in [-0.3, -0.25) is 4.79 Å². The van der Waals surface area contributed by atoms with Crippen LogP contribution >= 0.6 is 12.2 Å². The topological polar surface area (TPSA) is 75.8 Å². The molecule has 0 radical (unpaired) electrons. The molecule has 5 nitrogen and oxygen atoms in total. The molecule has 1 aliphatic heterocycles. The Bertz CT molecular complexity index is 312. The quantitative estimate of drug-likeness (QED) is 0.705. The number of hydrogen-bond donors (Lipinski definition) is 2. The molecule has 3 N–H and O–H groups in total. The third-order valence-electron chi connectivity index (χ3n) is 3.21. The van der Waals surface area contributed by atoms with E-state index >= 15 is 0 Å². The Hall–Kier alpha value is -0.720. The molecule has 1 amide bonds. The lowest BCUT2D eigenvalue weighted by Gasteiger charge is -2.39. The number of amides is 1. The first-order chi connectivity index (χ1) is 8.51. The number of carbonyl (C=O) groups excluding carboxylic acids is 1. The van der Waals surface area contributed by atoms with Crippen molar-refractivity contribution in [1.82, 2.24) is 4.90 Å². The van der Waals surface area contributed by atoms with Crippen molar-refractivity contribution in [3.05, 3.63) is 0 Å². The maximum absolute atomic E-state index is 12.4. The van der Waals surface area contributed by atoms with E-state index in [1.807, 2.05) is 13.8 Å². The number of rotatable bonds is 5. The van der Waals surface area contributed by atoms with Crippen molar-refractivity contribution in [3.63, 3.8) is 0 Å². The molecule has 1 heterocycles. The van der Waals surface area contributed by atoms with E-state index in [1.54, 1.807) is 4.90 Å². The number of aliphatic hydroxyl groups excluding tert-OH is 1. The highest BCUT2D eigenvalue weighted by Crippen LogP contribution is 2.18. The third kappa shape index (κ3) is 3.63. The third-order valence-corrected chi connectivity index (χ3v) is 3.50. The molecular formula is C12H22N2O3S. The summed E-state index contributed by atoms with van der Waals surface area (Å²) < 4.78 is 5.41. The first kappa shape index (κ1) is 15.3. The molecule has 0 bridgehead atoms. The number of ether oxygens (including phenoxy) is 1. The Morgan fingerprint density at radius 2 is 2.33 bits per heavy atom. The van der Waals surface area contributed by atoms with E-state index in [4.69, 9.17) is 27.8 Å². The number of nitrogens with zero attached hydrogens (tertiary/aromatic N) is 1. The van der Waals surface area contributed by atoms with Crippen molar-refractivity contribution in [2.75, 3.05) is 19.8 Å². The molecule has 1 rings (SSSR count). The summed E-state index contributed by atoms with van der Waals surface area (Å²) in [6, 6.07) is -0.00555. The molecule has 0 saturated carbocycles. The van der Waals surface area contributed by atoms with Crippen LogP contribution in [0.25, 0.3) is 0 Å². The summed E-state index contributed by atoms with van der Waals surface area (Å²) in [5.74, 6) is -0.441. The Labute approximate surface area is 113 Å². The van der Waals surface area contributed by atoms with Gasteiger partial charge in [0.25, 0.3) is 0 Å². The summed E-state index contributed by atoms with van der Waals surface area (Å²) >= 11 is 4.97. The molecule has 0 aromatic carbocycles. The molecule has 104 valence electrons. The Kier molecular flexibility index (Phi) is 5.98. The zero-order valence-corrected chi connectivity index (χ0v) is 11.8. The summed E-state index contributed by atoms with van der Waals surface area (Å²) in [5.41, 5.74) is 5.65. The monoisotopic (exact) mass is 274 g/mol. The van der Waals surface area contributed by atoms with Crippen molar-refractivity contribution in [3.8, 4) is 0 Å². The predicted octanol–water partition coefficient (Wildman–Crippen LogP) is 0.297. The average molecular weight is 274 g/mol. The Morgan fingerprint density at radius 1 is 1.67 bits per heavy atom. The van der Waals surface area contributed by atoms with Gasteiger partial charge in [-0.25, -0.2) is 0 Å². The van der Waals surface area contributed by atoms with Gasteiger partial charge < -0.3 is 20.5 Å². The van der Waals surface area contributed by atoms with Gasteiger partial charge in [-0.15, -0.1) is 0 Å². The van der Waals surface area contributed by atoms with Crippen molar-refractivity contribution in [1.29, 1.82) is 0 Å². The zero-order valence-electron chi connectivity index (χ0n) is 11.0. The summed E-state index contributed by atoms with van der Waals surface area (Å²) in [7, 11) is 0. The van der Waals surface area contributed by atoms with E-state index in [-0.39, 0.29) is 29.6 Å². The van der Waals surface area contributed by atoms with Crippen molar-refractivity contribution >= 4 is 23.1 Å². The van der Waals surface area contributed by atoms with Gasteiger partial charge >= 0.3 is 0 Å².